The van der Waals surface area contributed by atoms with E-state index in [2.05, 4.69) is 20.8 Å². The average molecular weight is 368 g/mol. The Morgan fingerprint density at radius 3 is 2.30 bits per heavy atom. The number of carbonyl (C=O) groups is 1. The SMILES string of the molecule is COc1ccc(C(=O)Nc2ccc(Nc3ccccc3F)nn2)cc1OC. The van der Waals surface area contributed by atoms with Gasteiger partial charge in [-0.15, -0.1) is 10.2 Å². The fraction of sp³-hybridized carbons (Fsp3) is 0.105. The Bertz CT molecular complexity index is 948. The summed E-state index contributed by atoms with van der Waals surface area (Å²) in [4.78, 5) is 12.4. The first-order valence-corrected chi connectivity index (χ1v) is 7.99. The number of carbonyl (C=O) groups excluding carboxylic acids is 1. The minimum Gasteiger partial charge on any atom is -0.493 e. The Kier molecular flexibility index (Phi) is 5.46. The molecule has 0 radical (unpaired) electrons. The van der Waals surface area contributed by atoms with Gasteiger partial charge in [0.1, 0.15) is 5.82 Å². The zero-order valence-electron chi connectivity index (χ0n) is 14.7. The van der Waals surface area contributed by atoms with E-state index in [0.29, 0.717) is 22.9 Å². The smallest absolute Gasteiger partial charge is 0.257 e. The lowest BCUT2D eigenvalue weighted by atomic mass is 10.2. The van der Waals surface area contributed by atoms with Gasteiger partial charge in [-0.1, -0.05) is 12.1 Å². The van der Waals surface area contributed by atoms with E-state index in [1.54, 1.807) is 48.5 Å². The van der Waals surface area contributed by atoms with Crippen LogP contribution in [-0.4, -0.2) is 30.3 Å². The van der Waals surface area contributed by atoms with E-state index >= 15 is 0 Å². The van der Waals surface area contributed by atoms with Crippen molar-refractivity contribution in [3.05, 3.63) is 66.0 Å². The van der Waals surface area contributed by atoms with E-state index in [0.717, 1.165) is 0 Å². The molecule has 0 saturated heterocycles. The van der Waals surface area contributed by atoms with Crippen molar-refractivity contribution in [2.45, 2.75) is 0 Å². The van der Waals surface area contributed by atoms with Crippen LogP contribution in [0.4, 0.5) is 21.7 Å². The third-order valence-electron chi connectivity index (χ3n) is 3.69. The van der Waals surface area contributed by atoms with Crippen LogP contribution in [0.5, 0.6) is 11.5 Å². The van der Waals surface area contributed by atoms with E-state index < -0.39 is 5.82 Å². The molecule has 1 amide bonds. The molecule has 2 aromatic carbocycles. The lowest BCUT2D eigenvalue weighted by molar-refractivity contribution is 0.102. The molecule has 0 unspecified atom stereocenters. The summed E-state index contributed by atoms with van der Waals surface area (Å²) in [7, 11) is 3.01. The number of hydrogen-bond donors (Lipinski definition) is 2. The van der Waals surface area contributed by atoms with Crippen LogP contribution in [-0.2, 0) is 0 Å². The van der Waals surface area contributed by atoms with Crippen LogP contribution in [0.15, 0.2) is 54.6 Å². The molecule has 0 aliphatic heterocycles. The first-order valence-electron chi connectivity index (χ1n) is 7.99. The summed E-state index contributed by atoms with van der Waals surface area (Å²) in [6.07, 6.45) is 0. The second-order valence-electron chi connectivity index (χ2n) is 5.43. The monoisotopic (exact) mass is 368 g/mol. The minimum absolute atomic E-state index is 0.258. The molecule has 2 N–H and O–H groups in total. The van der Waals surface area contributed by atoms with E-state index in [9.17, 15) is 9.18 Å². The number of nitrogens with zero attached hydrogens (tertiary/aromatic N) is 2. The van der Waals surface area contributed by atoms with Gasteiger partial charge >= 0.3 is 0 Å². The van der Waals surface area contributed by atoms with E-state index in [1.165, 1.54) is 20.3 Å². The molecule has 7 nitrogen and oxygen atoms in total. The van der Waals surface area contributed by atoms with E-state index in [1.807, 2.05) is 0 Å². The number of rotatable bonds is 6. The van der Waals surface area contributed by atoms with Crippen LogP contribution in [0.2, 0.25) is 0 Å². The Morgan fingerprint density at radius 2 is 1.63 bits per heavy atom. The molecule has 8 heteroatoms. The van der Waals surface area contributed by atoms with Gasteiger partial charge in [0.2, 0.25) is 0 Å². The van der Waals surface area contributed by atoms with Gasteiger partial charge in [0.05, 0.1) is 19.9 Å². The second kappa shape index (κ2) is 8.13. The highest BCUT2D eigenvalue weighted by Crippen LogP contribution is 2.27. The lowest BCUT2D eigenvalue weighted by Crippen LogP contribution is -2.13. The molecule has 0 bridgehead atoms. The number of amides is 1. The summed E-state index contributed by atoms with van der Waals surface area (Å²) in [5.74, 6) is 0.807. The molecule has 0 aliphatic carbocycles. The Labute approximate surface area is 155 Å². The van der Waals surface area contributed by atoms with Crippen LogP contribution < -0.4 is 20.1 Å². The lowest BCUT2D eigenvalue weighted by Gasteiger charge is -2.10. The highest BCUT2D eigenvalue weighted by Gasteiger charge is 2.12. The van der Waals surface area contributed by atoms with Gasteiger partial charge in [-0.05, 0) is 42.5 Å². The number of methoxy groups -OCH3 is 2. The number of benzene rings is 2. The molecule has 1 heterocycles. The van der Waals surface area contributed by atoms with Crippen LogP contribution in [0.3, 0.4) is 0 Å². The molecular formula is C19H17FN4O3. The summed E-state index contributed by atoms with van der Waals surface area (Å²) in [5, 5.41) is 13.3. The predicted octanol–water partition coefficient (Wildman–Crippen LogP) is 3.63. The topological polar surface area (TPSA) is 85.4 Å². The molecule has 0 atom stereocenters. The molecule has 27 heavy (non-hydrogen) atoms. The first-order chi connectivity index (χ1) is 13.1. The molecular weight excluding hydrogens is 351 g/mol. The second-order valence-corrected chi connectivity index (χ2v) is 5.43. The standard InChI is InChI=1S/C19H17FN4O3/c1-26-15-8-7-12(11-16(15)27-2)19(25)22-18-10-9-17(23-24-18)21-14-6-4-3-5-13(14)20/h3-11H,1-2H3,(H,21,23)(H,22,24,25). The number of ether oxygens (including phenoxy) is 2. The van der Waals surface area contributed by atoms with Gasteiger partial charge in [0.15, 0.2) is 23.1 Å². The molecule has 3 aromatic rings. The summed E-state index contributed by atoms with van der Waals surface area (Å²) in [5.41, 5.74) is 0.664. The molecule has 0 fully saturated rings. The average Bonchev–Trinajstić information content (AvgIpc) is 2.70. The fourth-order valence-corrected chi connectivity index (χ4v) is 2.33. The molecule has 0 spiro atoms. The van der Waals surface area contributed by atoms with Gasteiger partial charge in [-0.2, -0.15) is 0 Å². The molecule has 3 rings (SSSR count). The van der Waals surface area contributed by atoms with Gasteiger partial charge in [-0.3, -0.25) is 4.79 Å². The van der Waals surface area contributed by atoms with Gasteiger partial charge in [0, 0.05) is 5.56 Å². The Balaban J connectivity index is 1.69. The third kappa shape index (κ3) is 4.30. The zero-order valence-corrected chi connectivity index (χ0v) is 14.7. The maximum absolute atomic E-state index is 13.6. The summed E-state index contributed by atoms with van der Waals surface area (Å²) in [6.45, 7) is 0. The van der Waals surface area contributed by atoms with Crippen molar-refractivity contribution >= 4 is 23.2 Å². The Morgan fingerprint density at radius 1 is 0.926 bits per heavy atom. The maximum atomic E-state index is 13.6. The van der Waals surface area contributed by atoms with Crippen molar-refractivity contribution < 1.29 is 18.7 Å². The number of hydrogen-bond acceptors (Lipinski definition) is 6. The van der Waals surface area contributed by atoms with E-state index in [4.69, 9.17) is 9.47 Å². The molecule has 138 valence electrons. The Hall–Kier alpha value is -3.68. The van der Waals surface area contributed by atoms with Crippen LogP contribution in [0.25, 0.3) is 0 Å². The first kappa shape index (κ1) is 18.1. The fourth-order valence-electron chi connectivity index (χ4n) is 2.33. The number of anilines is 3. The largest absolute Gasteiger partial charge is 0.493 e. The van der Waals surface area contributed by atoms with Crippen molar-refractivity contribution in [3.63, 3.8) is 0 Å². The quantitative estimate of drug-likeness (QED) is 0.691. The number of aromatic nitrogens is 2. The number of para-hydroxylation sites is 1. The van der Waals surface area contributed by atoms with Gasteiger partial charge in [0.25, 0.3) is 5.91 Å². The van der Waals surface area contributed by atoms with Crippen molar-refractivity contribution in [2.24, 2.45) is 0 Å². The van der Waals surface area contributed by atoms with Gasteiger partial charge in [-0.25, -0.2) is 4.39 Å². The third-order valence-corrected chi connectivity index (χ3v) is 3.69. The van der Waals surface area contributed by atoms with Crippen molar-refractivity contribution in [2.75, 3.05) is 24.9 Å². The maximum Gasteiger partial charge on any atom is 0.257 e. The van der Waals surface area contributed by atoms with Gasteiger partial charge < -0.3 is 20.1 Å². The van der Waals surface area contributed by atoms with Crippen molar-refractivity contribution in [1.82, 2.24) is 10.2 Å². The van der Waals surface area contributed by atoms with E-state index in [-0.39, 0.29) is 17.4 Å². The minimum atomic E-state index is -0.398. The summed E-state index contributed by atoms with van der Waals surface area (Å²) < 4.78 is 24.0. The van der Waals surface area contributed by atoms with Crippen LogP contribution in [0, 0.1) is 5.82 Å². The highest BCUT2D eigenvalue weighted by atomic mass is 19.1. The summed E-state index contributed by atoms with van der Waals surface area (Å²) >= 11 is 0. The van der Waals surface area contributed by atoms with Crippen LogP contribution in [0.1, 0.15) is 10.4 Å². The van der Waals surface area contributed by atoms with Crippen molar-refractivity contribution in [1.29, 1.82) is 0 Å². The number of nitrogens with one attached hydrogen (secondary N) is 2. The normalized spacial score (nSPS) is 10.2. The highest BCUT2D eigenvalue weighted by molar-refractivity contribution is 6.04. The van der Waals surface area contributed by atoms with Crippen molar-refractivity contribution in [3.8, 4) is 11.5 Å². The van der Waals surface area contributed by atoms with Crippen LogP contribution >= 0.6 is 0 Å². The molecule has 0 saturated carbocycles. The molecule has 1 aromatic heterocycles. The molecule has 0 aliphatic rings. The predicted molar refractivity (Wildman–Crippen MR) is 99.2 cm³/mol. The zero-order chi connectivity index (χ0) is 19.2. The number of halogens is 1. The summed E-state index contributed by atoms with van der Waals surface area (Å²) in [6, 6.07) is 14.2.